The van der Waals surface area contributed by atoms with E-state index < -0.39 is 5.97 Å². The maximum absolute atomic E-state index is 11.8. The second-order valence-electron chi connectivity index (χ2n) is 6.17. The average molecular weight is 387 g/mol. The SMILES string of the molecule is Cc1ccc(C)c2c1cc(C(=O)O)n2Cc1cc(-c2ccc(Cl)s2)on1. The quantitative estimate of drug-likeness (QED) is 0.511. The number of thiophene rings is 1. The van der Waals surface area contributed by atoms with Gasteiger partial charge in [0.15, 0.2) is 5.76 Å². The Morgan fingerprint density at radius 1 is 1.23 bits per heavy atom. The van der Waals surface area contributed by atoms with Crippen molar-refractivity contribution in [2.24, 2.45) is 0 Å². The van der Waals surface area contributed by atoms with Crippen molar-refractivity contribution in [3.63, 3.8) is 0 Å². The lowest BCUT2D eigenvalue weighted by molar-refractivity contribution is 0.0686. The van der Waals surface area contributed by atoms with Gasteiger partial charge >= 0.3 is 5.97 Å². The van der Waals surface area contributed by atoms with E-state index >= 15 is 0 Å². The summed E-state index contributed by atoms with van der Waals surface area (Å²) in [6.07, 6.45) is 0. The summed E-state index contributed by atoms with van der Waals surface area (Å²) in [5, 5.41) is 14.7. The first kappa shape index (κ1) is 16.9. The molecule has 4 rings (SSSR count). The number of carboxylic acids is 1. The number of aryl methyl sites for hydroxylation is 2. The van der Waals surface area contributed by atoms with E-state index in [-0.39, 0.29) is 5.69 Å². The van der Waals surface area contributed by atoms with Gasteiger partial charge in [0, 0.05) is 11.5 Å². The molecular weight excluding hydrogens is 372 g/mol. The molecule has 132 valence electrons. The van der Waals surface area contributed by atoms with Crippen molar-refractivity contribution >= 4 is 39.8 Å². The molecule has 26 heavy (non-hydrogen) atoms. The number of nitrogens with zero attached hydrogens (tertiary/aromatic N) is 2. The summed E-state index contributed by atoms with van der Waals surface area (Å²) >= 11 is 7.38. The summed E-state index contributed by atoms with van der Waals surface area (Å²) in [6, 6.07) is 11.2. The average Bonchev–Trinajstić information content (AvgIpc) is 3.30. The van der Waals surface area contributed by atoms with Crippen molar-refractivity contribution in [2.45, 2.75) is 20.4 Å². The fourth-order valence-corrected chi connectivity index (χ4v) is 4.14. The Morgan fingerprint density at radius 3 is 2.69 bits per heavy atom. The molecule has 0 atom stereocenters. The van der Waals surface area contributed by atoms with Crippen LogP contribution < -0.4 is 0 Å². The van der Waals surface area contributed by atoms with E-state index in [2.05, 4.69) is 5.16 Å². The molecule has 5 nitrogen and oxygen atoms in total. The largest absolute Gasteiger partial charge is 0.477 e. The van der Waals surface area contributed by atoms with Gasteiger partial charge in [-0.2, -0.15) is 0 Å². The number of benzene rings is 1. The van der Waals surface area contributed by atoms with Gasteiger partial charge in [-0.3, -0.25) is 0 Å². The highest BCUT2D eigenvalue weighted by molar-refractivity contribution is 7.19. The van der Waals surface area contributed by atoms with E-state index in [9.17, 15) is 9.90 Å². The summed E-state index contributed by atoms with van der Waals surface area (Å²) < 4.78 is 7.88. The monoisotopic (exact) mass is 386 g/mol. The van der Waals surface area contributed by atoms with Crippen molar-refractivity contribution in [3.05, 3.63) is 63.2 Å². The second-order valence-corrected chi connectivity index (χ2v) is 7.88. The van der Waals surface area contributed by atoms with E-state index in [1.54, 1.807) is 16.7 Å². The zero-order valence-corrected chi connectivity index (χ0v) is 15.7. The van der Waals surface area contributed by atoms with Crippen molar-refractivity contribution in [2.75, 3.05) is 0 Å². The van der Waals surface area contributed by atoms with E-state index in [1.165, 1.54) is 11.3 Å². The molecular formula is C19H15ClN2O3S. The van der Waals surface area contributed by atoms with Crippen LogP contribution in [0.15, 0.2) is 40.9 Å². The van der Waals surface area contributed by atoms with Crippen LogP contribution >= 0.6 is 22.9 Å². The van der Waals surface area contributed by atoms with Crippen LogP contribution in [-0.4, -0.2) is 20.8 Å². The first-order valence-corrected chi connectivity index (χ1v) is 9.17. The van der Waals surface area contributed by atoms with Crippen molar-refractivity contribution in [1.29, 1.82) is 0 Å². The highest BCUT2D eigenvalue weighted by Crippen LogP contribution is 2.32. The number of rotatable bonds is 4. The third kappa shape index (κ3) is 2.81. The molecule has 1 aromatic carbocycles. The zero-order valence-electron chi connectivity index (χ0n) is 14.1. The van der Waals surface area contributed by atoms with Gasteiger partial charge in [0.2, 0.25) is 0 Å². The van der Waals surface area contributed by atoms with Gasteiger partial charge in [0.1, 0.15) is 11.4 Å². The van der Waals surface area contributed by atoms with Crippen LogP contribution in [0.5, 0.6) is 0 Å². The van der Waals surface area contributed by atoms with E-state index in [0.717, 1.165) is 26.9 Å². The van der Waals surface area contributed by atoms with Crippen molar-refractivity contribution in [3.8, 4) is 10.6 Å². The molecule has 0 amide bonds. The van der Waals surface area contributed by atoms with Crippen LogP contribution in [-0.2, 0) is 6.54 Å². The minimum Gasteiger partial charge on any atom is -0.477 e. The van der Waals surface area contributed by atoms with E-state index in [4.69, 9.17) is 16.1 Å². The molecule has 0 radical (unpaired) electrons. The standard InChI is InChI=1S/C19H15ClN2O3S/c1-10-3-4-11(2)18-13(10)8-14(19(23)24)22(18)9-12-7-15(25-21-12)16-5-6-17(20)26-16/h3-8H,9H2,1-2H3,(H,23,24). The summed E-state index contributed by atoms with van der Waals surface area (Å²) in [4.78, 5) is 12.6. The number of aromatic carboxylic acids is 1. The smallest absolute Gasteiger partial charge is 0.352 e. The number of carbonyl (C=O) groups is 1. The molecule has 0 saturated heterocycles. The maximum Gasteiger partial charge on any atom is 0.352 e. The minimum atomic E-state index is -0.964. The fourth-order valence-electron chi connectivity index (χ4n) is 3.15. The summed E-state index contributed by atoms with van der Waals surface area (Å²) in [5.74, 6) is -0.341. The van der Waals surface area contributed by atoms with Gasteiger partial charge in [-0.1, -0.05) is 28.9 Å². The molecule has 0 aliphatic heterocycles. The van der Waals surface area contributed by atoms with Gasteiger partial charge < -0.3 is 14.2 Å². The minimum absolute atomic E-state index is 0.237. The van der Waals surface area contributed by atoms with Crippen molar-refractivity contribution < 1.29 is 14.4 Å². The summed E-state index contributed by atoms with van der Waals surface area (Å²) in [5.41, 5.74) is 3.87. The Balaban J connectivity index is 1.80. The summed E-state index contributed by atoms with van der Waals surface area (Å²) in [7, 11) is 0. The first-order chi connectivity index (χ1) is 12.4. The number of hydrogen-bond acceptors (Lipinski definition) is 4. The zero-order chi connectivity index (χ0) is 18.4. The molecule has 0 saturated carbocycles. The maximum atomic E-state index is 11.8. The molecule has 3 heterocycles. The normalized spacial score (nSPS) is 11.3. The molecule has 0 bridgehead atoms. The van der Waals surface area contributed by atoms with E-state index in [0.29, 0.717) is 22.3 Å². The van der Waals surface area contributed by atoms with Gasteiger partial charge in [-0.05, 0) is 43.2 Å². The molecule has 0 fully saturated rings. The molecule has 0 aliphatic carbocycles. The van der Waals surface area contributed by atoms with Crippen LogP contribution in [0.1, 0.15) is 27.3 Å². The first-order valence-electron chi connectivity index (χ1n) is 7.98. The Morgan fingerprint density at radius 2 is 2.00 bits per heavy atom. The third-order valence-corrected chi connectivity index (χ3v) is 5.64. The molecule has 4 aromatic rings. The number of carboxylic acid groups (broad SMARTS) is 1. The van der Waals surface area contributed by atoms with Gasteiger partial charge in [0.25, 0.3) is 0 Å². The highest BCUT2D eigenvalue weighted by atomic mass is 35.5. The number of halogens is 1. The Hall–Kier alpha value is -2.57. The lowest BCUT2D eigenvalue weighted by Gasteiger charge is -2.08. The fraction of sp³-hybridized carbons (Fsp3) is 0.158. The predicted molar refractivity (Wildman–Crippen MR) is 102 cm³/mol. The van der Waals surface area contributed by atoms with Gasteiger partial charge in [-0.25, -0.2) is 4.79 Å². The number of aromatic nitrogens is 2. The third-order valence-electron chi connectivity index (χ3n) is 4.39. The number of hydrogen-bond donors (Lipinski definition) is 1. The van der Waals surface area contributed by atoms with E-state index in [1.807, 2.05) is 38.1 Å². The highest BCUT2D eigenvalue weighted by Gasteiger charge is 2.19. The molecule has 0 aliphatic rings. The Bertz CT molecular complexity index is 1140. The van der Waals surface area contributed by atoms with Crippen LogP contribution in [0, 0.1) is 13.8 Å². The Labute approximate surface area is 158 Å². The molecule has 0 unspecified atom stereocenters. The molecule has 0 spiro atoms. The lowest BCUT2D eigenvalue weighted by atomic mass is 10.1. The second kappa shape index (κ2) is 6.30. The van der Waals surface area contributed by atoms with Crippen LogP contribution in [0.3, 0.4) is 0 Å². The van der Waals surface area contributed by atoms with Crippen LogP contribution in [0.2, 0.25) is 4.34 Å². The van der Waals surface area contributed by atoms with Crippen LogP contribution in [0.4, 0.5) is 0 Å². The predicted octanol–water partition coefficient (Wildman–Crippen LogP) is 5.37. The Kier molecular flexibility index (Phi) is 4.09. The number of fused-ring (bicyclic) bond motifs is 1. The summed E-state index contributed by atoms with van der Waals surface area (Å²) in [6.45, 7) is 4.27. The lowest BCUT2D eigenvalue weighted by Crippen LogP contribution is -2.10. The topological polar surface area (TPSA) is 68.3 Å². The molecule has 1 N–H and O–H groups in total. The van der Waals surface area contributed by atoms with Crippen molar-refractivity contribution in [1.82, 2.24) is 9.72 Å². The van der Waals surface area contributed by atoms with Gasteiger partial charge in [0.05, 0.1) is 21.3 Å². The molecule has 7 heteroatoms. The van der Waals surface area contributed by atoms with Gasteiger partial charge in [-0.15, -0.1) is 11.3 Å². The molecule has 3 aromatic heterocycles. The van der Waals surface area contributed by atoms with Crippen LogP contribution in [0.25, 0.3) is 21.5 Å².